The van der Waals surface area contributed by atoms with Gasteiger partial charge in [0.25, 0.3) is 0 Å². The summed E-state index contributed by atoms with van der Waals surface area (Å²) >= 11 is 0. The van der Waals surface area contributed by atoms with Gasteiger partial charge in [0.05, 0.1) is 18.4 Å². The first kappa shape index (κ1) is 12.2. The lowest BCUT2D eigenvalue weighted by Gasteiger charge is -2.02. The molecule has 0 amide bonds. The van der Waals surface area contributed by atoms with E-state index in [0.29, 0.717) is 6.54 Å². The number of carbonyl (C=O) groups is 1. The van der Waals surface area contributed by atoms with Gasteiger partial charge in [0, 0.05) is 18.0 Å². The molecule has 0 saturated heterocycles. The van der Waals surface area contributed by atoms with Gasteiger partial charge in [-0.25, -0.2) is 9.48 Å². The molecule has 2 heterocycles. The molecule has 0 fully saturated rings. The second kappa shape index (κ2) is 5.00. The van der Waals surface area contributed by atoms with Crippen molar-refractivity contribution < 1.29 is 9.90 Å². The van der Waals surface area contributed by atoms with Gasteiger partial charge >= 0.3 is 5.97 Å². The first-order valence-electron chi connectivity index (χ1n) is 6.08. The fourth-order valence-corrected chi connectivity index (χ4v) is 1.98. The minimum atomic E-state index is -0.988. The van der Waals surface area contributed by atoms with Crippen LogP contribution < -0.4 is 0 Å². The molecular formula is C14H12N4O2. The van der Waals surface area contributed by atoms with Gasteiger partial charge in [0.15, 0.2) is 0 Å². The first-order chi connectivity index (χ1) is 9.74. The summed E-state index contributed by atoms with van der Waals surface area (Å²) in [7, 11) is 0. The summed E-state index contributed by atoms with van der Waals surface area (Å²) in [6.07, 6.45) is 5.05. The van der Waals surface area contributed by atoms with Crippen LogP contribution in [0.4, 0.5) is 0 Å². The third-order valence-electron chi connectivity index (χ3n) is 2.92. The zero-order chi connectivity index (χ0) is 13.9. The Morgan fingerprint density at radius 2 is 1.95 bits per heavy atom. The van der Waals surface area contributed by atoms with Gasteiger partial charge in [0.2, 0.25) is 0 Å². The van der Waals surface area contributed by atoms with E-state index in [1.165, 1.54) is 16.9 Å². The molecule has 3 aromatic rings. The lowest BCUT2D eigenvalue weighted by atomic mass is 10.3. The average molecular weight is 268 g/mol. The van der Waals surface area contributed by atoms with Crippen LogP contribution in [0.15, 0.2) is 55.0 Å². The largest absolute Gasteiger partial charge is 0.477 e. The normalized spacial score (nSPS) is 10.6. The van der Waals surface area contributed by atoms with Crippen LogP contribution in [0, 0.1) is 0 Å². The number of carboxylic acid groups (broad SMARTS) is 1. The maximum atomic E-state index is 11.0. The van der Waals surface area contributed by atoms with Crippen molar-refractivity contribution in [1.82, 2.24) is 19.6 Å². The van der Waals surface area contributed by atoms with E-state index < -0.39 is 5.97 Å². The van der Waals surface area contributed by atoms with Crippen LogP contribution in [0.5, 0.6) is 0 Å². The number of hydrogen-bond acceptors (Lipinski definition) is 3. The van der Waals surface area contributed by atoms with Gasteiger partial charge in [-0.15, -0.1) is 0 Å². The molecule has 100 valence electrons. The highest BCUT2D eigenvalue weighted by molar-refractivity contribution is 5.85. The van der Waals surface area contributed by atoms with Crippen LogP contribution in [-0.2, 0) is 6.54 Å². The number of hydrogen-bond donors (Lipinski definition) is 1. The number of aromatic carboxylic acids is 1. The van der Waals surface area contributed by atoms with E-state index in [1.807, 2.05) is 36.5 Å². The van der Waals surface area contributed by atoms with Crippen LogP contribution in [0.3, 0.4) is 0 Å². The summed E-state index contributed by atoms with van der Waals surface area (Å²) < 4.78 is 3.19. The summed E-state index contributed by atoms with van der Waals surface area (Å²) in [5, 5.41) is 17.3. The van der Waals surface area contributed by atoms with Crippen molar-refractivity contribution in [2.24, 2.45) is 0 Å². The fraction of sp³-hybridized carbons (Fsp3) is 0.0714. The van der Waals surface area contributed by atoms with Gasteiger partial charge < -0.3 is 5.11 Å². The zero-order valence-electron chi connectivity index (χ0n) is 10.5. The molecule has 0 aliphatic rings. The van der Waals surface area contributed by atoms with Crippen molar-refractivity contribution in [2.75, 3.05) is 0 Å². The summed E-state index contributed by atoms with van der Waals surface area (Å²) in [6.45, 7) is 0.376. The lowest BCUT2D eigenvalue weighted by molar-refractivity contribution is 0.0684. The van der Waals surface area contributed by atoms with E-state index in [-0.39, 0.29) is 5.69 Å². The second-order valence-corrected chi connectivity index (χ2v) is 4.31. The summed E-state index contributed by atoms with van der Waals surface area (Å²) in [5.74, 6) is -0.988. The van der Waals surface area contributed by atoms with Gasteiger partial charge in [-0.05, 0) is 18.2 Å². The highest BCUT2D eigenvalue weighted by atomic mass is 16.4. The minimum absolute atomic E-state index is 0.164. The van der Waals surface area contributed by atoms with Crippen LogP contribution in [0.25, 0.3) is 5.69 Å². The molecule has 0 aliphatic heterocycles. The Bertz CT molecular complexity index is 730. The minimum Gasteiger partial charge on any atom is -0.477 e. The van der Waals surface area contributed by atoms with E-state index in [1.54, 1.807) is 10.9 Å². The quantitative estimate of drug-likeness (QED) is 0.783. The van der Waals surface area contributed by atoms with Crippen LogP contribution in [-0.4, -0.2) is 30.6 Å². The molecule has 0 unspecified atom stereocenters. The Labute approximate surface area is 114 Å². The molecule has 0 spiro atoms. The van der Waals surface area contributed by atoms with E-state index in [0.717, 1.165) is 11.3 Å². The van der Waals surface area contributed by atoms with E-state index in [2.05, 4.69) is 10.2 Å². The molecule has 3 rings (SSSR count). The maximum absolute atomic E-state index is 11.0. The maximum Gasteiger partial charge on any atom is 0.354 e. The Balaban J connectivity index is 1.84. The molecule has 6 heteroatoms. The van der Waals surface area contributed by atoms with Crippen molar-refractivity contribution in [3.63, 3.8) is 0 Å². The molecule has 0 bridgehead atoms. The predicted octanol–water partition coefficient (Wildman–Crippen LogP) is 1.82. The Morgan fingerprint density at radius 3 is 2.70 bits per heavy atom. The van der Waals surface area contributed by atoms with Crippen molar-refractivity contribution in [3.8, 4) is 5.69 Å². The number of aromatic nitrogens is 4. The Kier molecular flexibility index (Phi) is 3.04. The van der Waals surface area contributed by atoms with Crippen LogP contribution >= 0.6 is 0 Å². The number of carboxylic acids is 1. The Hall–Kier alpha value is -2.89. The van der Waals surface area contributed by atoms with Gasteiger partial charge in [0.1, 0.15) is 5.69 Å². The van der Waals surface area contributed by atoms with Gasteiger partial charge in [-0.2, -0.15) is 10.2 Å². The van der Waals surface area contributed by atoms with Gasteiger partial charge in [-0.1, -0.05) is 18.2 Å². The molecule has 6 nitrogen and oxygen atoms in total. The topological polar surface area (TPSA) is 72.9 Å². The molecule has 0 radical (unpaired) electrons. The van der Waals surface area contributed by atoms with Crippen molar-refractivity contribution >= 4 is 5.97 Å². The number of rotatable bonds is 4. The molecular weight excluding hydrogens is 256 g/mol. The lowest BCUT2D eigenvalue weighted by Crippen LogP contribution is -2.10. The average Bonchev–Trinajstić information content (AvgIpc) is 3.09. The summed E-state index contributed by atoms with van der Waals surface area (Å²) in [6, 6.07) is 11.2. The van der Waals surface area contributed by atoms with Crippen LogP contribution in [0.1, 0.15) is 16.1 Å². The van der Waals surface area contributed by atoms with Crippen molar-refractivity contribution in [3.05, 3.63) is 66.2 Å². The molecule has 0 atom stereocenters. The fourth-order valence-electron chi connectivity index (χ4n) is 1.98. The second-order valence-electron chi connectivity index (χ2n) is 4.31. The predicted molar refractivity (Wildman–Crippen MR) is 71.9 cm³/mol. The van der Waals surface area contributed by atoms with E-state index >= 15 is 0 Å². The molecule has 1 N–H and O–H groups in total. The molecule has 0 saturated carbocycles. The smallest absolute Gasteiger partial charge is 0.354 e. The third kappa shape index (κ3) is 2.31. The summed E-state index contributed by atoms with van der Waals surface area (Å²) in [4.78, 5) is 11.0. The van der Waals surface area contributed by atoms with Crippen molar-refractivity contribution in [1.29, 1.82) is 0 Å². The Morgan fingerprint density at radius 1 is 1.15 bits per heavy atom. The highest BCUT2D eigenvalue weighted by Crippen LogP contribution is 2.09. The standard InChI is InChI=1S/C14H12N4O2/c19-14(20)13-6-7-15-18(13)10-11-8-16-17(9-11)12-4-2-1-3-5-12/h1-9H,10H2,(H,19,20). The zero-order valence-corrected chi connectivity index (χ0v) is 10.5. The number of para-hydroxylation sites is 1. The highest BCUT2D eigenvalue weighted by Gasteiger charge is 2.11. The third-order valence-corrected chi connectivity index (χ3v) is 2.92. The molecule has 1 aromatic carbocycles. The van der Waals surface area contributed by atoms with E-state index in [4.69, 9.17) is 5.11 Å². The molecule has 20 heavy (non-hydrogen) atoms. The molecule has 0 aliphatic carbocycles. The number of nitrogens with zero attached hydrogens (tertiary/aromatic N) is 4. The molecule has 2 aromatic heterocycles. The number of benzene rings is 1. The van der Waals surface area contributed by atoms with Crippen molar-refractivity contribution in [2.45, 2.75) is 6.54 Å². The SMILES string of the molecule is O=C(O)c1ccnn1Cc1cnn(-c2ccccc2)c1. The van der Waals surface area contributed by atoms with E-state index in [9.17, 15) is 4.79 Å². The summed E-state index contributed by atoms with van der Waals surface area (Å²) in [5.41, 5.74) is 2.01. The monoisotopic (exact) mass is 268 g/mol. The first-order valence-corrected chi connectivity index (χ1v) is 6.08. The van der Waals surface area contributed by atoms with Gasteiger partial charge in [-0.3, -0.25) is 4.68 Å². The van der Waals surface area contributed by atoms with Crippen LogP contribution in [0.2, 0.25) is 0 Å².